The maximum atomic E-state index is 13.4. The molecule has 2 aromatic rings. The summed E-state index contributed by atoms with van der Waals surface area (Å²) in [6, 6.07) is 2.79. The molecule has 5 rings (SSSR count). The Morgan fingerprint density at radius 1 is 1.02 bits per heavy atom. The Bertz CT molecular complexity index is 1300. The molecule has 9 atom stereocenters. The fourth-order valence-corrected chi connectivity index (χ4v) is 7.30. The maximum Gasteiger partial charge on any atom is 0.341 e. The number of rotatable bonds is 8. The van der Waals surface area contributed by atoms with Crippen LogP contribution in [0.25, 0.3) is 0 Å². The zero-order valence-electron chi connectivity index (χ0n) is 24.3. The fourth-order valence-electron chi connectivity index (χ4n) is 7.30. The standard InChI is InChI=1S/C30H38O12/c1-6-16(2)24(33)41-23-20(39-25(34)17-7-9-37-13-17)12-28(5,36)30-22(32)19(27(3,4)42-30)11-21(29(23,30)15-31)40-26(35)18-8-10-38-14-18/h7-10,13-14,16,19-23,31-32,36H,6,11-12,15H2,1-5H3/t16-,19-,20+,21+,22-,23+,28+,29-,30+/m1/s1. The lowest BCUT2D eigenvalue weighted by molar-refractivity contribution is -0.354. The second kappa shape index (κ2) is 10.5. The summed E-state index contributed by atoms with van der Waals surface area (Å²) in [5, 5.41) is 35.5. The quantitative estimate of drug-likeness (QED) is 0.303. The van der Waals surface area contributed by atoms with Crippen LogP contribution in [0.2, 0.25) is 0 Å². The molecule has 3 heterocycles. The average Bonchev–Trinajstić information content (AvgIpc) is 3.69. The van der Waals surface area contributed by atoms with E-state index in [1.165, 1.54) is 44.1 Å². The van der Waals surface area contributed by atoms with E-state index in [4.69, 9.17) is 27.8 Å². The summed E-state index contributed by atoms with van der Waals surface area (Å²) in [5.74, 6) is -3.52. The Hall–Kier alpha value is -3.19. The molecule has 12 heteroatoms. The van der Waals surface area contributed by atoms with Crippen molar-refractivity contribution in [3.63, 3.8) is 0 Å². The summed E-state index contributed by atoms with van der Waals surface area (Å²) in [5.41, 5.74) is -6.88. The van der Waals surface area contributed by atoms with Crippen molar-refractivity contribution in [1.29, 1.82) is 0 Å². The minimum Gasteiger partial charge on any atom is -0.472 e. The van der Waals surface area contributed by atoms with Gasteiger partial charge in [-0.15, -0.1) is 0 Å². The Morgan fingerprint density at radius 2 is 1.62 bits per heavy atom. The van der Waals surface area contributed by atoms with Crippen LogP contribution in [0.5, 0.6) is 0 Å². The van der Waals surface area contributed by atoms with Crippen LogP contribution in [0, 0.1) is 17.3 Å². The fraction of sp³-hybridized carbons (Fsp3) is 0.633. The lowest BCUT2D eigenvalue weighted by Gasteiger charge is -2.65. The lowest BCUT2D eigenvalue weighted by atomic mass is 9.46. The summed E-state index contributed by atoms with van der Waals surface area (Å²) < 4.78 is 34.6. The van der Waals surface area contributed by atoms with Gasteiger partial charge in [-0.1, -0.05) is 13.8 Å². The van der Waals surface area contributed by atoms with Crippen molar-refractivity contribution in [2.75, 3.05) is 6.61 Å². The van der Waals surface area contributed by atoms with Gasteiger partial charge in [0, 0.05) is 12.3 Å². The molecule has 0 unspecified atom stereocenters. The summed E-state index contributed by atoms with van der Waals surface area (Å²) in [7, 11) is 0. The van der Waals surface area contributed by atoms with Gasteiger partial charge in [0.25, 0.3) is 0 Å². The third-order valence-electron chi connectivity index (χ3n) is 9.63. The molecule has 1 aliphatic heterocycles. The number of fused-ring (bicyclic) bond motifs is 1. The summed E-state index contributed by atoms with van der Waals surface area (Å²) in [6.45, 7) is 7.46. The van der Waals surface area contributed by atoms with Gasteiger partial charge in [-0.05, 0) is 45.7 Å². The second-order valence-electron chi connectivity index (χ2n) is 12.4. The molecule has 42 heavy (non-hydrogen) atoms. The molecule has 2 saturated carbocycles. The number of ether oxygens (including phenoxy) is 4. The summed E-state index contributed by atoms with van der Waals surface area (Å²) in [4.78, 5) is 39.8. The molecule has 3 aliphatic rings. The topological polar surface area (TPSA) is 175 Å². The second-order valence-corrected chi connectivity index (χ2v) is 12.4. The van der Waals surface area contributed by atoms with Crippen molar-refractivity contribution in [2.24, 2.45) is 17.3 Å². The highest BCUT2D eigenvalue weighted by Gasteiger charge is 2.84. The van der Waals surface area contributed by atoms with Gasteiger partial charge in [-0.2, -0.15) is 0 Å². The molecule has 3 fully saturated rings. The van der Waals surface area contributed by atoms with E-state index >= 15 is 0 Å². The highest BCUT2D eigenvalue weighted by molar-refractivity contribution is 5.89. The average molecular weight is 591 g/mol. The van der Waals surface area contributed by atoms with E-state index in [0.29, 0.717) is 6.42 Å². The first-order valence-electron chi connectivity index (χ1n) is 14.1. The lowest BCUT2D eigenvalue weighted by Crippen LogP contribution is -2.83. The molecular formula is C30H38O12. The number of carbonyl (C=O) groups excluding carboxylic acids is 3. The van der Waals surface area contributed by atoms with Crippen LogP contribution in [0.15, 0.2) is 46.0 Å². The third kappa shape index (κ3) is 4.30. The molecule has 0 amide bonds. The number of hydrogen-bond donors (Lipinski definition) is 3. The predicted molar refractivity (Wildman–Crippen MR) is 142 cm³/mol. The van der Waals surface area contributed by atoms with E-state index in [2.05, 4.69) is 0 Å². The van der Waals surface area contributed by atoms with Crippen LogP contribution in [-0.4, -0.2) is 81.1 Å². The van der Waals surface area contributed by atoms with Crippen LogP contribution in [0.4, 0.5) is 0 Å². The van der Waals surface area contributed by atoms with E-state index in [0.717, 1.165) is 0 Å². The van der Waals surface area contributed by atoms with Gasteiger partial charge in [-0.3, -0.25) is 4.79 Å². The first kappa shape index (κ1) is 30.3. The number of furan rings is 2. The maximum absolute atomic E-state index is 13.4. The third-order valence-corrected chi connectivity index (χ3v) is 9.63. The Balaban J connectivity index is 1.70. The minimum atomic E-state index is -2.01. The van der Waals surface area contributed by atoms with Gasteiger partial charge in [0.05, 0.1) is 53.5 Å². The van der Waals surface area contributed by atoms with Gasteiger partial charge < -0.3 is 43.1 Å². The van der Waals surface area contributed by atoms with E-state index < -0.39 is 83.0 Å². The molecule has 2 aliphatic carbocycles. The van der Waals surface area contributed by atoms with Gasteiger partial charge in [0.2, 0.25) is 0 Å². The molecule has 2 bridgehead atoms. The first-order valence-corrected chi connectivity index (χ1v) is 14.1. The molecular weight excluding hydrogens is 552 g/mol. The van der Waals surface area contributed by atoms with Crippen molar-refractivity contribution in [3.8, 4) is 0 Å². The van der Waals surface area contributed by atoms with Crippen LogP contribution >= 0.6 is 0 Å². The summed E-state index contributed by atoms with van der Waals surface area (Å²) in [6.07, 6.45) is -0.466. The SMILES string of the molecule is CC[C@@H](C)C(=O)O[C@H]1[C@@H](OC(=O)c2ccoc2)C[C@](C)(O)[C@]23OC(C)(C)[C@H](C[C@H](OC(=O)c4ccoc4)[C@]12CO)[C@H]3O. The van der Waals surface area contributed by atoms with Crippen LogP contribution < -0.4 is 0 Å². The van der Waals surface area contributed by atoms with Crippen molar-refractivity contribution in [1.82, 2.24) is 0 Å². The highest BCUT2D eigenvalue weighted by atomic mass is 16.6. The number of aliphatic hydroxyl groups is 3. The van der Waals surface area contributed by atoms with Crippen molar-refractivity contribution >= 4 is 17.9 Å². The van der Waals surface area contributed by atoms with E-state index in [1.807, 2.05) is 0 Å². The molecule has 230 valence electrons. The molecule has 1 spiro atoms. The van der Waals surface area contributed by atoms with Crippen molar-refractivity contribution in [3.05, 3.63) is 48.3 Å². The van der Waals surface area contributed by atoms with E-state index in [-0.39, 0.29) is 24.0 Å². The van der Waals surface area contributed by atoms with Gasteiger partial charge in [-0.25, -0.2) is 9.59 Å². The summed E-state index contributed by atoms with van der Waals surface area (Å²) >= 11 is 0. The number of aliphatic hydroxyl groups excluding tert-OH is 2. The van der Waals surface area contributed by atoms with Gasteiger partial charge in [0.1, 0.15) is 35.8 Å². The molecule has 3 N–H and O–H groups in total. The van der Waals surface area contributed by atoms with Gasteiger partial charge >= 0.3 is 17.9 Å². The Labute approximate surface area is 242 Å². The monoisotopic (exact) mass is 590 g/mol. The largest absolute Gasteiger partial charge is 0.472 e. The smallest absolute Gasteiger partial charge is 0.341 e. The van der Waals surface area contributed by atoms with Crippen LogP contribution in [0.1, 0.15) is 74.6 Å². The van der Waals surface area contributed by atoms with E-state index in [9.17, 15) is 29.7 Å². The molecule has 0 radical (unpaired) electrons. The number of hydrogen-bond acceptors (Lipinski definition) is 12. The number of esters is 3. The Morgan fingerprint density at radius 3 is 2.14 bits per heavy atom. The Kier molecular flexibility index (Phi) is 7.58. The molecule has 12 nitrogen and oxygen atoms in total. The van der Waals surface area contributed by atoms with Crippen LogP contribution in [-0.2, 0) is 23.7 Å². The van der Waals surface area contributed by atoms with Crippen LogP contribution in [0.3, 0.4) is 0 Å². The number of carbonyl (C=O) groups is 3. The predicted octanol–water partition coefficient (Wildman–Crippen LogP) is 2.64. The molecule has 2 aromatic heterocycles. The van der Waals surface area contributed by atoms with Crippen molar-refractivity contribution < 1.29 is 57.5 Å². The highest BCUT2D eigenvalue weighted by Crippen LogP contribution is 2.68. The normalized spacial score (nSPS) is 37.4. The van der Waals surface area contributed by atoms with Gasteiger partial charge in [0.15, 0.2) is 6.10 Å². The zero-order chi connectivity index (χ0) is 30.7. The van der Waals surface area contributed by atoms with E-state index in [1.54, 1.807) is 27.7 Å². The molecule has 0 aromatic carbocycles. The van der Waals surface area contributed by atoms with Crippen molar-refractivity contribution in [2.45, 2.75) is 95.1 Å². The minimum absolute atomic E-state index is 0.0179. The zero-order valence-corrected chi connectivity index (χ0v) is 24.3. The molecule has 1 saturated heterocycles. The first-order chi connectivity index (χ1) is 19.8.